The zero-order valence-electron chi connectivity index (χ0n) is 20.5. The molecular weight excluding hydrogens is 478 g/mol. The van der Waals surface area contributed by atoms with Gasteiger partial charge in [0.25, 0.3) is 11.7 Å². The molecule has 1 amide bonds. The number of hydrogen-bond donors (Lipinski definition) is 1. The SMILES string of the molecule is CCOc1ccc(C2/C(=C(\O)c3cc(OC)ccc3OC)C(=O)C(=O)N2c2ccc3c(c2)OCO3)cc1. The summed E-state index contributed by atoms with van der Waals surface area (Å²) in [6.07, 6.45) is 0. The number of carbonyl (C=O) groups is 2. The lowest BCUT2D eigenvalue weighted by Gasteiger charge is -2.26. The number of methoxy groups -OCH3 is 2. The molecule has 0 aliphatic carbocycles. The van der Waals surface area contributed by atoms with Crippen LogP contribution in [0.25, 0.3) is 5.76 Å². The molecule has 3 aromatic rings. The number of anilines is 1. The molecule has 2 heterocycles. The number of ketones is 1. The van der Waals surface area contributed by atoms with Gasteiger partial charge in [0.2, 0.25) is 6.79 Å². The lowest BCUT2D eigenvalue weighted by Crippen LogP contribution is -2.29. The number of fused-ring (bicyclic) bond motifs is 1. The molecule has 0 aromatic heterocycles. The van der Waals surface area contributed by atoms with Gasteiger partial charge in [0.15, 0.2) is 11.5 Å². The lowest BCUT2D eigenvalue weighted by atomic mass is 9.94. The van der Waals surface area contributed by atoms with E-state index in [0.717, 1.165) is 0 Å². The number of aliphatic hydroxyl groups is 1. The number of aliphatic hydroxyl groups excluding tert-OH is 1. The molecule has 1 fully saturated rings. The number of ether oxygens (including phenoxy) is 5. The molecule has 0 radical (unpaired) electrons. The van der Waals surface area contributed by atoms with Gasteiger partial charge in [-0.2, -0.15) is 0 Å². The van der Waals surface area contributed by atoms with Crippen LogP contribution in [0.5, 0.6) is 28.7 Å². The Morgan fingerprint density at radius 2 is 1.68 bits per heavy atom. The second-order valence-electron chi connectivity index (χ2n) is 8.27. The Hall–Kier alpha value is -4.66. The summed E-state index contributed by atoms with van der Waals surface area (Å²) in [4.78, 5) is 28.3. The van der Waals surface area contributed by atoms with Crippen molar-refractivity contribution in [3.8, 4) is 28.7 Å². The molecule has 0 bridgehead atoms. The fourth-order valence-electron chi connectivity index (χ4n) is 4.51. The van der Waals surface area contributed by atoms with E-state index in [4.69, 9.17) is 23.7 Å². The van der Waals surface area contributed by atoms with Gasteiger partial charge in [0, 0.05) is 11.8 Å². The molecule has 1 N–H and O–H groups in total. The van der Waals surface area contributed by atoms with E-state index in [9.17, 15) is 14.7 Å². The van der Waals surface area contributed by atoms with Crippen molar-refractivity contribution in [3.05, 3.63) is 77.4 Å². The van der Waals surface area contributed by atoms with Crippen molar-refractivity contribution in [1.82, 2.24) is 0 Å². The van der Waals surface area contributed by atoms with Crippen LogP contribution in [0.1, 0.15) is 24.1 Å². The van der Waals surface area contributed by atoms with E-state index in [1.165, 1.54) is 19.1 Å². The van der Waals surface area contributed by atoms with Gasteiger partial charge in [0.1, 0.15) is 23.0 Å². The van der Waals surface area contributed by atoms with Gasteiger partial charge in [0.05, 0.1) is 38.0 Å². The number of nitrogens with zero attached hydrogens (tertiary/aromatic N) is 1. The number of amides is 1. The molecule has 0 spiro atoms. The highest BCUT2D eigenvalue weighted by Gasteiger charge is 2.47. The maximum absolute atomic E-state index is 13.5. The highest BCUT2D eigenvalue weighted by atomic mass is 16.7. The third-order valence-electron chi connectivity index (χ3n) is 6.25. The third-order valence-corrected chi connectivity index (χ3v) is 6.25. The number of hydrogen-bond acceptors (Lipinski definition) is 8. The van der Waals surface area contributed by atoms with E-state index < -0.39 is 17.7 Å². The number of Topliss-reactive ketones (excluding diaryl/α,β-unsaturated/α-hetero) is 1. The first-order chi connectivity index (χ1) is 18.0. The normalized spacial score (nSPS) is 17.7. The quantitative estimate of drug-likeness (QED) is 0.286. The van der Waals surface area contributed by atoms with Crippen molar-refractivity contribution < 1.29 is 38.4 Å². The summed E-state index contributed by atoms with van der Waals surface area (Å²) in [5.41, 5.74) is 1.16. The van der Waals surface area contributed by atoms with Crippen molar-refractivity contribution in [2.24, 2.45) is 0 Å². The molecular formula is C28H25NO8. The molecule has 9 heteroatoms. The molecule has 1 atom stereocenters. The molecule has 190 valence electrons. The average molecular weight is 504 g/mol. The topological polar surface area (TPSA) is 104 Å². The highest BCUT2D eigenvalue weighted by molar-refractivity contribution is 6.51. The monoisotopic (exact) mass is 503 g/mol. The van der Waals surface area contributed by atoms with Crippen molar-refractivity contribution in [2.45, 2.75) is 13.0 Å². The van der Waals surface area contributed by atoms with Gasteiger partial charge in [-0.1, -0.05) is 12.1 Å². The molecule has 0 saturated carbocycles. The fourth-order valence-corrected chi connectivity index (χ4v) is 4.51. The average Bonchev–Trinajstić information content (AvgIpc) is 3.50. The van der Waals surface area contributed by atoms with E-state index in [0.29, 0.717) is 46.6 Å². The minimum Gasteiger partial charge on any atom is -0.507 e. The van der Waals surface area contributed by atoms with Crippen molar-refractivity contribution in [1.29, 1.82) is 0 Å². The van der Waals surface area contributed by atoms with E-state index >= 15 is 0 Å². The summed E-state index contributed by atoms with van der Waals surface area (Å²) >= 11 is 0. The Morgan fingerprint density at radius 3 is 2.38 bits per heavy atom. The van der Waals surface area contributed by atoms with Crippen LogP contribution in [0.2, 0.25) is 0 Å². The molecule has 1 unspecified atom stereocenters. The Bertz CT molecular complexity index is 1400. The van der Waals surface area contributed by atoms with Gasteiger partial charge in [-0.3, -0.25) is 14.5 Å². The summed E-state index contributed by atoms with van der Waals surface area (Å²) in [7, 11) is 2.94. The van der Waals surface area contributed by atoms with Crippen LogP contribution in [-0.2, 0) is 9.59 Å². The minimum absolute atomic E-state index is 0.0650. The summed E-state index contributed by atoms with van der Waals surface area (Å²) < 4.78 is 27.2. The van der Waals surface area contributed by atoms with Gasteiger partial charge >= 0.3 is 0 Å². The first-order valence-electron chi connectivity index (χ1n) is 11.6. The van der Waals surface area contributed by atoms with Gasteiger partial charge in [-0.15, -0.1) is 0 Å². The molecule has 5 rings (SSSR count). The van der Waals surface area contributed by atoms with E-state index in [2.05, 4.69) is 0 Å². The zero-order chi connectivity index (χ0) is 26.1. The number of rotatable bonds is 7. The van der Waals surface area contributed by atoms with Crippen LogP contribution >= 0.6 is 0 Å². The van der Waals surface area contributed by atoms with Crippen molar-refractivity contribution in [2.75, 3.05) is 32.5 Å². The van der Waals surface area contributed by atoms with Crippen LogP contribution in [0, 0.1) is 0 Å². The molecule has 9 nitrogen and oxygen atoms in total. The van der Waals surface area contributed by atoms with E-state index in [1.54, 1.807) is 60.7 Å². The predicted octanol–water partition coefficient (Wildman–Crippen LogP) is 4.46. The summed E-state index contributed by atoms with van der Waals surface area (Å²) in [5, 5.41) is 11.5. The van der Waals surface area contributed by atoms with Crippen molar-refractivity contribution in [3.63, 3.8) is 0 Å². The van der Waals surface area contributed by atoms with Gasteiger partial charge in [-0.05, 0) is 55.0 Å². The zero-order valence-corrected chi connectivity index (χ0v) is 20.5. The van der Waals surface area contributed by atoms with E-state index in [-0.39, 0.29) is 23.7 Å². The first-order valence-corrected chi connectivity index (χ1v) is 11.6. The Labute approximate surface area is 213 Å². The smallest absolute Gasteiger partial charge is 0.300 e. The van der Waals surface area contributed by atoms with Crippen molar-refractivity contribution >= 4 is 23.1 Å². The summed E-state index contributed by atoms with van der Waals surface area (Å²) in [5.74, 6) is 0.401. The second kappa shape index (κ2) is 9.77. The lowest BCUT2D eigenvalue weighted by molar-refractivity contribution is -0.132. The Morgan fingerprint density at radius 1 is 0.946 bits per heavy atom. The second-order valence-corrected chi connectivity index (χ2v) is 8.27. The predicted molar refractivity (Wildman–Crippen MR) is 135 cm³/mol. The van der Waals surface area contributed by atoms with Crippen LogP contribution in [0.15, 0.2) is 66.2 Å². The highest BCUT2D eigenvalue weighted by Crippen LogP contribution is 2.46. The van der Waals surface area contributed by atoms with E-state index in [1.807, 2.05) is 6.92 Å². The molecule has 2 aliphatic rings. The largest absolute Gasteiger partial charge is 0.507 e. The number of carbonyl (C=O) groups excluding carboxylic acids is 2. The fraction of sp³-hybridized carbons (Fsp3) is 0.214. The molecule has 2 aliphatic heterocycles. The van der Waals surface area contributed by atoms with Crippen LogP contribution in [-0.4, -0.2) is 44.4 Å². The molecule has 1 saturated heterocycles. The van der Waals surface area contributed by atoms with Gasteiger partial charge < -0.3 is 28.8 Å². The summed E-state index contributed by atoms with van der Waals surface area (Å²) in [6, 6.07) is 15.9. The van der Waals surface area contributed by atoms with Gasteiger partial charge in [-0.25, -0.2) is 0 Å². The van der Waals surface area contributed by atoms with Crippen LogP contribution < -0.4 is 28.6 Å². The minimum atomic E-state index is -0.938. The standard InChI is InChI=1S/C28H25NO8/c1-4-35-18-8-5-16(6-9-18)25-24(26(30)20-14-19(33-2)10-12-21(20)34-3)27(31)28(32)29(25)17-7-11-22-23(13-17)37-15-36-22/h5-14,25,30H,4,15H2,1-3H3/b26-24+. The molecule has 3 aromatic carbocycles. The maximum Gasteiger partial charge on any atom is 0.300 e. The Kier molecular flexibility index (Phi) is 6.35. The maximum atomic E-state index is 13.5. The Balaban J connectivity index is 1.71. The summed E-state index contributed by atoms with van der Waals surface area (Å²) in [6.45, 7) is 2.43. The van der Waals surface area contributed by atoms with Crippen LogP contribution in [0.3, 0.4) is 0 Å². The third kappa shape index (κ3) is 4.18. The molecule has 37 heavy (non-hydrogen) atoms. The van der Waals surface area contributed by atoms with Crippen LogP contribution in [0.4, 0.5) is 5.69 Å². The number of benzene rings is 3. The first kappa shape index (κ1) is 24.1.